The normalized spacial score (nSPS) is 11.9. The highest BCUT2D eigenvalue weighted by Gasteiger charge is 2.30. The van der Waals surface area contributed by atoms with Gasteiger partial charge in [0.15, 0.2) is 6.61 Å². The molecular formula is C21H17F3N2O2. The average molecular weight is 386 g/mol. The van der Waals surface area contributed by atoms with Gasteiger partial charge in [-0.1, -0.05) is 41.6 Å². The molecule has 0 aliphatic rings. The van der Waals surface area contributed by atoms with Crippen LogP contribution in [0.5, 0.6) is 5.75 Å². The molecule has 2 aromatic carbocycles. The topological polar surface area (TPSA) is 43.7 Å². The highest BCUT2D eigenvalue weighted by Crippen LogP contribution is 2.31. The summed E-state index contributed by atoms with van der Waals surface area (Å²) in [5.74, 6) is 0.123. The number of alkyl halides is 3. The van der Waals surface area contributed by atoms with Crippen LogP contribution >= 0.6 is 0 Å². The summed E-state index contributed by atoms with van der Waals surface area (Å²) in [5.41, 5.74) is 1.49. The molecule has 0 fully saturated rings. The number of aromatic nitrogens is 1. The molecule has 0 amide bonds. The molecule has 1 heterocycles. The first-order chi connectivity index (χ1) is 13.5. The van der Waals surface area contributed by atoms with Crippen molar-refractivity contribution in [2.75, 3.05) is 13.2 Å². The SMILES string of the molecule is FC(F)(F)c1cccc(OCCON=C(c2ccccc2)c2cccnc2)c1. The zero-order valence-corrected chi connectivity index (χ0v) is 14.8. The van der Waals surface area contributed by atoms with Crippen molar-refractivity contribution in [3.8, 4) is 5.75 Å². The highest BCUT2D eigenvalue weighted by molar-refractivity contribution is 6.12. The summed E-state index contributed by atoms with van der Waals surface area (Å²) in [7, 11) is 0. The fourth-order valence-corrected chi connectivity index (χ4v) is 2.44. The Morgan fingerprint density at radius 3 is 2.39 bits per heavy atom. The molecule has 0 saturated heterocycles. The predicted molar refractivity (Wildman–Crippen MR) is 99.2 cm³/mol. The molecule has 7 heteroatoms. The van der Waals surface area contributed by atoms with Gasteiger partial charge in [-0.15, -0.1) is 0 Å². The third-order valence-corrected chi connectivity index (χ3v) is 3.74. The molecule has 4 nitrogen and oxygen atoms in total. The van der Waals surface area contributed by atoms with Gasteiger partial charge >= 0.3 is 6.18 Å². The Morgan fingerprint density at radius 1 is 0.893 bits per heavy atom. The van der Waals surface area contributed by atoms with E-state index in [9.17, 15) is 13.2 Å². The van der Waals surface area contributed by atoms with Crippen molar-refractivity contribution in [2.24, 2.45) is 5.16 Å². The number of oxime groups is 1. The second-order valence-electron chi connectivity index (χ2n) is 5.75. The molecule has 0 atom stereocenters. The van der Waals surface area contributed by atoms with E-state index in [1.54, 1.807) is 18.5 Å². The first kappa shape index (κ1) is 19.4. The van der Waals surface area contributed by atoms with Crippen molar-refractivity contribution in [1.29, 1.82) is 0 Å². The van der Waals surface area contributed by atoms with Gasteiger partial charge in [-0.2, -0.15) is 13.2 Å². The van der Waals surface area contributed by atoms with Crippen molar-refractivity contribution in [1.82, 2.24) is 4.98 Å². The highest BCUT2D eigenvalue weighted by atomic mass is 19.4. The summed E-state index contributed by atoms with van der Waals surface area (Å²) in [5, 5.41) is 4.17. The second-order valence-corrected chi connectivity index (χ2v) is 5.75. The van der Waals surface area contributed by atoms with Crippen LogP contribution in [0.15, 0.2) is 84.3 Å². The molecule has 0 spiro atoms. The lowest BCUT2D eigenvalue weighted by molar-refractivity contribution is -0.137. The van der Waals surface area contributed by atoms with E-state index in [1.807, 2.05) is 36.4 Å². The Morgan fingerprint density at radius 2 is 1.68 bits per heavy atom. The zero-order valence-electron chi connectivity index (χ0n) is 14.8. The largest absolute Gasteiger partial charge is 0.490 e. The Balaban J connectivity index is 1.62. The lowest BCUT2D eigenvalue weighted by atomic mass is 10.0. The first-order valence-electron chi connectivity index (χ1n) is 8.50. The van der Waals surface area contributed by atoms with Gasteiger partial charge < -0.3 is 9.57 Å². The van der Waals surface area contributed by atoms with Crippen LogP contribution in [0, 0.1) is 0 Å². The molecule has 0 aliphatic carbocycles. The van der Waals surface area contributed by atoms with Crippen molar-refractivity contribution < 1.29 is 22.7 Å². The number of hydrogen-bond donors (Lipinski definition) is 0. The van der Waals surface area contributed by atoms with Crippen molar-refractivity contribution in [3.63, 3.8) is 0 Å². The molecular weight excluding hydrogens is 369 g/mol. The maximum atomic E-state index is 12.7. The van der Waals surface area contributed by atoms with E-state index < -0.39 is 11.7 Å². The lowest BCUT2D eigenvalue weighted by Crippen LogP contribution is -2.09. The number of halogens is 3. The molecule has 1 aromatic heterocycles. The van der Waals surface area contributed by atoms with Crippen LogP contribution in [0.3, 0.4) is 0 Å². The summed E-state index contributed by atoms with van der Waals surface area (Å²) >= 11 is 0. The summed E-state index contributed by atoms with van der Waals surface area (Å²) in [6, 6.07) is 17.8. The minimum absolute atomic E-state index is 0.0555. The van der Waals surface area contributed by atoms with E-state index in [0.29, 0.717) is 5.71 Å². The molecule has 0 unspecified atom stereocenters. The van der Waals surface area contributed by atoms with Gasteiger partial charge in [0.1, 0.15) is 18.1 Å². The third kappa shape index (κ3) is 5.33. The maximum absolute atomic E-state index is 12.7. The van der Waals surface area contributed by atoms with Crippen molar-refractivity contribution >= 4 is 5.71 Å². The zero-order chi connectivity index (χ0) is 19.8. The Kier molecular flexibility index (Phi) is 6.26. The maximum Gasteiger partial charge on any atom is 0.416 e. The number of hydrogen-bond acceptors (Lipinski definition) is 4. The van der Waals surface area contributed by atoms with Crippen molar-refractivity contribution in [3.05, 3.63) is 95.8 Å². The van der Waals surface area contributed by atoms with Crippen LogP contribution in [-0.2, 0) is 11.0 Å². The van der Waals surface area contributed by atoms with E-state index in [1.165, 1.54) is 12.1 Å². The van der Waals surface area contributed by atoms with Crippen LogP contribution in [-0.4, -0.2) is 23.9 Å². The second kappa shape index (κ2) is 9.03. The first-order valence-corrected chi connectivity index (χ1v) is 8.50. The standard InChI is InChI=1S/C21H17F3N2O2/c22-21(23,24)18-9-4-10-19(14-18)27-12-13-28-26-20(16-6-2-1-3-7-16)17-8-5-11-25-15-17/h1-11,14-15H,12-13H2. The number of pyridine rings is 1. The Hall–Kier alpha value is -3.35. The minimum atomic E-state index is -4.41. The van der Waals surface area contributed by atoms with E-state index in [4.69, 9.17) is 9.57 Å². The molecule has 0 radical (unpaired) electrons. The minimum Gasteiger partial charge on any atom is -0.490 e. The van der Waals surface area contributed by atoms with E-state index in [-0.39, 0.29) is 19.0 Å². The smallest absolute Gasteiger partial charge is 0.416 e. The van der Waals surface area contributed by atoms with Gasteiger partial charge in [0.05, 0.1) is 5.56 Å². The molecule has 144 valence electrons. The summed E-state index contributed by atoms with van der Waals surface area (Å²) in [4.78, 5) is 9.43. The van der Waals surface area contributed by atoms with Gasteiger partial charge in [-0.3, -0.25) is 4.98 Å². The monoisotopic (exact) mass is 386 g/mol. The molecule has 3 aromatic rings. The van der Waals surface area contributed by atoms with Crippen LogP contribution in [0.2, 0.25) is 0 Å². The van der Waals surface area contributed by atoms with Gasteiger partial charge in [0.2, 0.25) is 0 Å². The number of nitrogens with zero attached hydrogens (tertiary/aromatic N) is 2. The lowest BCUT2D eigenvalue weighted by Gasteiger charge is -2.10. The summed E-state index contributed by atoms with van der Waals surface area (Å²) < 4.78 is 43.5. The molecule has 0 aliphatic heterocycles. The van der Waals surface area contributed by atoms with Crippen LogP contribution in [0.4, 0.5) is 13.2 Å². The molecule has 0 saturated carbocycles. The van der Waals surface area contributed by atoms with Crippen LogP contribution in [0.25, 0.3) is 0 Å². The fraction of sp³-hybridized carbons (Fsp3) is 0.143. The van der Waals surface area contributed by atoms with E-state index >= 15 is 0 Å². The summed E-state index contributed by atoms with van der Waals surface area (Å²) in [6.45, 7) is 0.132. The molecule has 0 bridgehead atoms. The fourth-order valence-electron chi connectivity index (χ4n) is 2.44. The van der Waals surface area contributed by atoms with Crippen LogP contribution < -0.4 is 4.74 Å². The third-order valence-electron chi connectivity index (χ3n) is 3.74. The Labute approximate surface area is 160 Å². The molecule has 0 N–H and O–H groups in total. The van der Waals surface area contributed by atoms with Gasteiger partial charge in [-0.05, 0) is 30.3 Å². The van der Waals surface area contributed by atoms with Crippen LogP contribution in [0.1, 0.15) is 16.7 Å². The number of benzene rings is 2. The number of ether oxygens (including phenoxy) is 1. The van der Waals surface area contributed by atoms with Gasteiger partial charge in [0, 0.05) is 23.5 Å². The number of rotatable bonds is 7. The van der Waals surface area contributed by atoms with Crippen molar-refractivity contribution in [2.45, 2.75) is 6.18 Å². The average Bonchev–Trinajstić information content (AvgIpc) is 2.71. The van der Waals surface area contributed by atoms with E-state index in [2.05, 4.69) is 10.1 Å². The Bertz CT molecular complexity index is 872. The van der Waals surface area contributed by atoms with Gasteiger partial charge in [0.25, 0.3) is 0 Å². The quantitative estimate of drug-likeness (QED) is 0.328. The van der Waals surface area contributed by atoms with Gasteiger partial charge in [-0.25, -0.2) is 0 Å². The molecule has 3 rings (SSSR count). The predicted octanol–water partition coefficient (Wildman–Crippen LogP) is 4.95. The molecule has 28 heavy (non-hydrogen) atoms. The van der Waals surface area contributed by atoms with E-state index in [0.717, 1.165) is 23.3 Å². The summed E-state index contributed by atoms with van der Waals surface area (Å²) in [6.07, 6.45) is -1.07.